The Balaban J connectivity index is 3.76. The molecule has 0 spiro atoms. The predicted octanol–water partition coefficient (Wildman–Crippen LogP) is 0.420. The van der Waals surface area contributed by atoms with Gasteiger partial charge in [0.15, 0.2) is 0 Å². The number of unbranched alkanes of at least 4 members (excludes halogenated alkanes) is 1. The van der Waals surface area contributed by atoms with Crippen molar-refractivity contribution in [1.82, 2.24) is 10.2 Å². The number of aliphatic hydroxyl groups excluding tert-OH is 1. The number of carbonyl (C=O) groups excluding carboxylic acids is 1. The number of carbonyl (C=O) groups is 1. The molecule has 2 N–H and O–H groups in total. The van der Waals surface area contributed by atoms with Crippen LogP contribution in [0.25, 0.3) is 0 Å². The van der Waals surface area contributed by atoms with Gasteiger partial charge in [-0.2, -0.15) is 0 Å². The van der Waals surface area contributed by atoms with Crippen LogP contribution in [0.4, 0.5) is 4.79 Å². The molecule has 0 saturated carbocycles. The lowest BCUT2D eigenvalue weighted by Crippen LogP contribution is -2.40. The molecule has 0 aromatic carbocycles. The van der Waals surface area contributed by atoms with Crippen molar-refractivity contribution in [2.45, 2.75) is 19.8 Å². The topological polar surface area (TPSA) is 52.6 Å². The van der Waals surface area contributed by atoms with E-state index in [1.807, 2.05) is 0 Å². The van der Waals surface area contributed by atoms with E-state index in [0.717, 1.165) is 19.4 Å². The zero-order valence-electron chi connectivity index (χ0n) is 7.84. The van der Waals surface area contributed by atoms with Crippen molar-refractivity contribution in [2.75, 3.05) is 26.7 Å². The summed E-state index contributed by atoms with van der Waals surface area (Å²) in [6, 6.07) is -0.113. The SMILES string of the molecule is CCCCN(CCO)C(=O)NC. The van der Waals surface area contributed by atoms with Crippen molar-refractivity contribution in [3.05, 3.63) is 0 Å². The van der Waals surface area contributed by atoms with Gasteiger partial charge in [0.2, 0.25) is 0 Å². The molecular formula is C8H18N2O2. The van der Waals surface area contributed by atoms with Gasteiger partial charge >= 0.3 is 6.03 Å². The molecule has 72 valence electrons. The smallest absolute Gasteiger partial charge is 0.317 e. The van der Waals surface area contributed by atoms with Gasteiger partial charge in [-0.1, -0.05) is 13.3 Å². The first-order valence-corrected chi connectivity index (χ1v) is 4.33. The van der Waals surface area contributed by atoms with Crippen molar-refractivity contribution in [1.29, 1.82) is 0 Å². The first kappa shape index (κ1) is 11.2. The summed E-state index contributed by atoms with van der Waals surface area (Å²) in [5.74, 6) is 0. The molecule has 0 fully saturated rings. The lowest BCUT2D eigenvalue weighted by Gasteiger charge is -2.20. The molecule has 0 aliphatic rings. The van der Waals surface area contributed by atoms with Crippen LogP contribution in [-0.4, -0.2) is 42.8 Å². The van der Waals surface area contributed by atoms with Crippen LogP contribution in [0, 0.1) is 0 Å². The molecule has 0 heterocycles. The van der Waals surface area contributed by atoms with Crippen molar-refractivity contribution >= 4 is 6.03 Å². The summed E-state index contributed by atoms with van der Waals surface area (Å²) >= 11 is 0. The average Bonchev–Trinajstić information content (AvgIpc) is 2.11. The molecular weight excluding hydrogens is 156 g/mol. The minimum atomic E-state index is -0.113. The van der Waals surface area contributed by atoms with E-state index in [1.165, 1.54) is 0 Å². The standard InChI is InChI=1S/C8H18N2O2/c1-3-4-5-10(6-7-11)8(12)9-2/h11H,3-7H2,1-2H3,(H,9,12). The molecule has 2 amide bonds. The third-order valence-corrected chi connectivity index (χ3v) is 1.65. The Morgan fingerprint density at radius 2 is 2.17 bits per heavy atom. The molecule has 0 saturated heterocycles. The van der Waals surface area contributed by atoms with E-state index in [-0.39, 0.29) is 12.6 Å². The minimum absolute atomic E-state index is 0.0249. The Morgan fingerprint density at radius 3 is 2.58 bits per heavy atom. The van der Waals surface area contributed by atoms with Gasteiger partial charge in [-0.3, -0.25) is 0 Å². The maximum Gasteiger partial charge on any atom is 0.317 e. The molecule has 0 atom stereocenters. The minimum Gasteiger partial charge on any atom is -0.395 e. The van der Waals surface area contributed by atoms with E-state index >= 15 is 0 Å². The maximum absolute atomic E-state index is 11.1. The van der Waals surface area contributed by atoms with E-state index in [9.17, 15) is 4.79 Å². The predicted molar refractivity (Wildman–Crippen MR) is 48.0 cm³/mol. The number of aliphatic hydroxyl groups is 1. The zero-order chi connectivity index (χ0) is 9.40. The molecule has 0 aromatic heterocycles. The maximum atomic E-state index is 11.1. The van der Waals surface area contributed by atoms with Gasteiger partial charge < -0.3 is 15.3 Å². The van der Waals surface area contributed by atoms with Crippen molar-refractivity contribution < 1.29 is 9.90 Å². The van der Waals surface area contributed by atoms with Crippen LogP contribution in [0.15, 0.2) is 0 Å². The number of amides is 2. The van der Waals surface area contributed by atoms with Crippen LogP contribution in [-0.2, 0) is 0 Å². The van der Waals surface area contributed by atoms with Crippen molar-refractivity contribution in [2.24, 2.45) is 0 Å². The summed E-state index contributed by atoms with van der Waals surface area (Å²) in [4.78, 5) is 12.7. The van der Waals surface area contributed by atoms with Gasteiger partial charge in [0.05, 0.1) is 6.61 Å². The van der Waals surface area contributed by atoms with E-state index in [4.69, 9.17) is 5.11 Å². The van der Waals surface area contributed by atoms with Crippen LogP contribution >= 0.6 is 0 Å². The second kappa shape index (κ2) is 6.91. The van der Waals surface area contributed by atoms with Crippen LogP contribution in [0.1, 0.15) is 19.8 Å². The van der Waals surface area contributed by atoms with E-state index in [2.05, 4.69) is 12.2 Å². The average molecular weight is 174 g/mol. The van der Waals surface area contributed by atoms with Crippen LogP contribution < -0.4 is 5.32 Å². The summed E-state index contributed by atoms with van der Waals surface area (Å²) in [6.07, 6.45) is 2.03. The molecule has 0 bridgehead atoms. The third kappa shape index (κ3) is 4.18. The monoisotopic (exact) mass is 174 g/mol. The van der Waals surface area contributed by atoms with Crippen LogP contribution in [0.2, 0.25) is 0 Å². The van der Waals surface area contributed by atoms with Gasteiger partial charge in [-0.15, -0.1) is 0 Å². The molecule has 0 unspecified atom stereocenters. The molecule has 4 heteroatoms. The first-order chi connectivity index (χ1) is 5.76. The second-order valence-corrected chi connectivity index (χ2v) is 2.62. The lowest BCUT2D eigenvalue weighted by molar-refractivity contribution is 0.178. The van der Waals surface area contributed by atoms with E-state index in [0.29, 0.717) is 6.54 Å². The van der Waals surface area contributed by atoms with Gasteiger partial charge in [0.25, 0.3) is 0 Å². The fraction of sp³-hybridized carbons (Fsp3) is 0.875. The van der Waals surface area contributed by atoms with Crippen LogP contribution in [0.3, 0.4) is 0 Å². The number of rotatable bonds is 5. The highest BCUT2D eigenvalue weighted by Crippen LogP contribution is 1.94. The molecule has 0 aliphatic heterocycles. The van der Waals surface area contributed by atoms with E-state index < -0.39 is 0 Å². The number of urea groups is 1. The Hall–Kier alpha value is -0.770. The molecule has 0 radical (unpaired) electrons. The normalized spacial score (nSPS) is 9.58. The van der Waals surface area contributed by atoms with Gasteiger partial charge in [0.1, 0.15) is 0 Å². The summed E-state index contributed by atoms with van der Waals surface area (Å²) in [5, 5.41) is 11.2. The first-order valence-electron chi connectivity index (χ1n) is 4.33. The Morgan fingerprint density at radius 1 is 1.50 bits per heavy atom. The van der Waals surface area contributed by atoms with Crippen molar-refractivity contribution in [3.8, 4) is 0 Å². The fourth-order valence-electron chi connectivity index (χ4n) is 0.943. The van der Waals surface area contributed by atoms with Gasteiger partial charge in [-0.25, -0.2) is 4.79 Å². The quantitative estimate of drug-likeness (QED) is 0.634. The summed E-state index contributed by atoms with van der Waals surface area (Å²) in [6.45, 7) is 3.23. The lowest BCUT2D eigenvalue weighted by atomic mass is 10.3. The van der Waals surface area contributed by atoms with E-state index in [1.54, 1.807) is 11.9 Å². The highest BCUT2D eigenvalue weighted by molar-refractivity contribution is 5.73. The third-order valence-electron chi connectivity index (χ3n) is 1.65. The highest BCUT2D eigenvalue weighted by atomic mass is 16.3. The summed E-state index contributed by atoms with van der Waals surface area (Å²) in [5.41, 5.74) is 0. The van der Waals surface area contributed by atoms with Gasteiger partial charge in [-0.05, 0) is 6.42 Å². The summed E-state index contributed by atoms with van der Waals surface area (Å²) in [7, 11) is 1.60. The molecule has 0 aliphatic carbocycles. The fourth-order valence-corrected chi connectivity index (χ4v) is 0.943. The highest BCUT2D eigenvalue weighted by Gasteiger charge is 2.08. The number of hydrogen-bond acceptors (Lipinski definition) is 2. The van der Waals surface area contributed by atoms with Crippen LogP contribution in [0.5, 0.6) is 0 Å². The molecule has 0 aromatic rings. The Kier molecular flexibility index (Phi) is 6.47. The summed E-state index contributed by atoms with van der Waals surface area (Å²) < 4.78 is 0. The number of nitrogens with zero attached hydrogens (tertiary/aromatic N) is 1. The van der Waals surface area contributed by atoms with Gasteiger partial charge in [0, 0.05) is 20.1 Å². The largest absolute Gasteiger partial charge is 0.395 e. The molecule has 12 heavy (non-hydrogen) atoms. The molecule has 4 nitrogen and oxygen atoms in total. The second-order valence-electron chi connectivity index (χ2n) is 2.62. The molecule has 0 rings (SSSR count). The Labute approximate surface area is 73.6 Å². The number of nitrogens with one attached hydrogen (secondary N) is 1. The number of hydrogen-bond donors (Lipinski definition) is 2. The Bertz CT molecular complexity index is 128. The zero-order valence-corrected chi connectivity index (χ0v) is 7.84. The van der Waals surface area contributed by atoms with Crippen molar-refractivity contribution in [3.63, 3.8) is 0 Å².